The summed E-state index contributed by atoms with van der Waals surface area (Å²) in [6.45, 7) is 7.28. The van der Waals surface area contributed by atoms with Gasteiger partial charge in [-0.3, -0.25) is 10.1 Å². The highest BCUT2D eigenvalue weighted by atomic mass is 79.9. The molecule has 21 heavy (non-hydrogen) atoms. The third-order valence-corrected chi connectivity index (χ3v) is 4.87. The molecule has 0 aliphatic carbocycles. The minimum Gasteiger partial charge on any atom is -0.366 e. The summed E-state index contributed by atoms with van der Waals surface area (Å²) in [6.07, 6.45) is 4.66. The van der Waals surface area contributed by atoms with Gasteiger partial charge in [0.15, 0.2) is 0 Å². The van der Waals surface area contributed by atoms with Crippen molar-refractivity contribution in [2.45, 2.75) is 39.2 Å². The molecule has 0 bridgehead atoms. The highest BCUT2D eigenvalue weighted by Crippen LogP contribution is 2.31. The van der Waals surface area contributed by atoms with Crippen LogP contribution in [0.25, 0.3) is 0 Å². The summed E-state index contributed by atoms with van der Waals surface area (Å²) in [5, 5.41) is 14.3. The van der Waals surface area contributed by atoms with Crippen LogP contribution in [0.1, 0.15) is 31.7 Å². The smallest absolute Gasteiger partial charge is 0.291 e. The van der Waals surface area contributed by atoms with Crippen LogP contribution in [0.15, 0.2) is 10.7 Å². The number of nitro groups is 1. The summed E-state index contributed by atoms with van der Waals surface area (Å²) in [4.78, 5) is 17.2. The quantitative estimate of drug-likeness (QED) is 0.646. The van der Waals surface area contributed by atoms with Gasteiger partial charge in [0.1, 0.15) is 12.0 Å². The minimum absolute atomic E-state index is 0.0465. The molecule has 2 rings (SSSR count). The molecule has 7 heteroatoms. The molecule has 0 unspecified atom stereocenters. The third-order valence-electron chi connectivity index (χ3n) is 3.90. The molecule has 0 aromatic carbocycles. The maximum Gasteiger partial charge on any atom is 0.291 e. The molecular weight excluding hydrogens is 336 g/mol. The van der Waals surface area contributed by atoms with E-state index in [9.17, 15) is 10.1 Å². The number of aromatic nitrogens is 1. The molecule has 1 N–H and O–H groups in total. The highest BCUT2D eigenvalue weighted by Gasteiger charge is 2.22. The van der Waals surface area contributed by atoms with E-state index in [4.69, 9.17) is 0 Å². The van der Waals surface area contributed by atoms with Crippen molar-refractivity contribution in [1.82, 2.24) is 9.88 Å². The second-order valence-electron chi connectivity index (χ2n) is 5.45. The predicted molar refractivity (Wildman–Crippen MR) is 86.7 cm³/mol. The van der Waals surface area contributed by atoms with E-state index in [0.29, 0.717) is 21.9 Å². The average Bonchev–Trinajstić information content (AvgIpc) is 2.46. The van der Waals surface area contributed by atoms with Crippen molar-refractivity contribution in [1.29, 1.82) is 0 Å². The lowest BCUT2D eigenvalue weighted by molar-refractivity contribution is -0.385. The van der Waals surface area contributed by atoms with Gasteiger partial charge in [-0.15, -0.1) is 0 Å². The van der Waals surface area contributed by atoms with E-state index in [1.807, 2.05) is 0 Å². The lowest BCUT2D eigenvalue weighted by atomic mass is 10.0. The molecule has 6 nitrogen and oxygen atoms in total. The molecule has 2 heterocycles. The number of halogens is 1. The molecule has 0 radical (unpaired) electrons. The number of pyridine rings is 1. The Morgan fingerprint density at radius 1 is 1.52 bits per heavy atom. The van der Waals surface area contributed by atoms with Crippen molar-refractivity contribution in [2.24, 2.45) is 0 Å². The standard InChI is InChI=1S/C14H21BrN4O2/c1-3-6-18-7-4-11(5-8-18)17-14-13(15)10(2)12(9-16-14)19(20)21/h9,11H,3-8H2,1-2H3,(H,16,17). The van der Waals surface area contributed by atoms with Crippen LogP contribution in [-0.4, -0.2) is 40.5 Å². The first-order valence-corrected chi connectivity index (χ1v) is 8.10. The number of nitrogens with zero attached hydrogens (tertiary/aromatic N) is 3. The van der Waals surface area contributed by atoms with Gasteiger partial charge < -0.3 is 10.2 Å². The Morgan fingerprint density at radius 3 is 2.76 bits per heavy atom. The fraction of sp³-hybridized carbons (Fsp3) is 0.643. The van der Waals surface area contributed by atoms with E-state index < -0.39 is 4.92 Å². The van der Waals surface area contributed by atoms with Crippen molar-refractivity contribution in [3.05, 3.63) is 26.3 Å². The lowest BCUT2D eigenvalue weighted by Gasteiger charge is -2.32. The van der Waals surface area contributed by atoms with E-state index in [1.54, 1.807) is 6.92 Å². The highest BCUT2D eigenvalue weighted by molar-refractivity contribution is 9.10. The number of anilines is 1. The summed E-state index contributed by atoms with van der Waals surface area (Å²) < 4.78 is 0.688. The second-order valence-corrected chi connectivity index (χ2v) is 6.24. The summed E-state index contributed by atoms with van der Waals surface area (Å²) in [6, 6.07) is 0.378. The largest absolute Gasteiger partial charge is 0.366 e. The Morgan fingerprint density at radius 2 is 2.19 bits per heavy atom. The van der Waals surface area contributed by atoms with Crippen LogP contribution in [0.2, 0.25) is 0 Å². The molecule has 1 aromatic rings. The molecule has 1 saturated heterocycles. The summed E-state index contributed by atoms with van der Waals surface area (Å²) in [5.74, 6) is 0.701. The number of likely N-dealkylation sites (tertiary alicyclic amines) is 1. The molecule has 0 spiro atoms. The first kappa shape index (κ1) is 16.2. The Kier molecular flexibility index (Phi) is 5.52. The second kappa shape index (κ2) is 7.17. The van der Waals surface area contributed by atoms with Crippen LogP contribution in [0.4, 0.5) is 11.5 Å². The number of hydrogen-bond donors (Lipinski definition) is 1. The first-order chi connectivity index (χ1) is 10.0. The molecule has 1 aromatic heterocycles. The van der Waals surface area contributed by atoms with E-state index in [0.717, 1.165) is 32.5 Å². The number of hydrogen-bond acceptors (Lipinski definition) is 5. The molecule has 1 aliphatic heterocycles. The van der Waals surface area contributed by atoms with Gasteiger partial charge >= 0.3 is 0 Å². The molecule has 1 aliphatic rings. The lowest BCUT2D eigenvalue weighted by Crippen LogP contribution is -2.39. The molecule has 0 saturated carbocycles. The number of rotatable bonds is 5. The molecule has 1 fully saturated rings. The first-order valence-electron chi connectivity index (χ1n) is 7.31. The average molecular weight is 357 g/mol. The van der Waals surface area contributed by atoms with Crippen molar-refractivity contribution in [3.63, 3.8) is 0 Å². The maximum atomic E-state index is 10.9. The third kappa shape index (κ3) is 3.91. The molecule has 0 atom stereocenters. The van der Waals surface area contributed by atoms with E-state index >= 15 is 0 Å². The van der Waals surface area contributed by atoms with Crippen molar-refractivity contribution < 1.29 is 4.92 Å². The molecule has 116 valence electrons. The van der Waals surface area contributed by atoms with Gasteiger partial charge in [0.2, 0.25) is 0 Å². The number of piperidine rings is 1. The van der Waals surface area contributed by atoms with Gasteiger partial charge in [0.25, 0.3) is 5.69 Å². The van der Waals surface area contributed by atoms with Gasteiger partial charge in [0.05, 0.1) is 9.40 Å². The van der Waals surface area contributed by atoms with Crippen LogP contribution in [0.5, 0.6) is 0 Å². The topological polar surface area (TPSA) is 71.3 Å². The Hall–Kier alpha value is -1.21. The van der Waals surface area contributed by atoms with E-state index in [1.165, 1.54) is 12.6 Å². The van der Waals surface area contributed by atoms with Crippen LogP contribution >= 0.6 is 15.9 Å². The fourth-order valence-corrected chi connectivity index (χ4v) is 3.08. The number of nitrogens with one attached hydrogen (secondary N) is 1. The zero-order chi connectivity index (χ0) is 15.4. The fourth-order valence-electron chi connectivity index (χ4n) is 2.66. The van der Waals surface area contributed by atoms with Gasteiger partial charge in [-0.2, -0.15) is 0 Å². The van der Waals surface area contributed by atoms with Crippen molar-refractivity contribution in [2.75, 3.05) is 25.0 Å². The zero-order valence-electron chi connectivity index (χ0n) is 12.4. The SMILES string of the molecule is CCCN1CCC(Nc2ncc([N+](=O)[O-])c(C)c2Br)CC1. The van der Waals surface area contributed by atoms with Crippen molar-refractivity contribution in [3.8, 4) is 0 Å². The van der Waals surface area contributed by atoms with Gasteiger partial charge in [0, 0.05) is 24.7 Å². The van der Waals surface area contributed by atoms with Crippen LogP contribution in [0.3, 0.4) is 0 Å². The van der Waals surface area contributed by atoms with Gasteiger partial charge in [-0.05, 0) is 48.7 Å². The summed E-state index contributed by atoms with van der Waals surface area (Å²) in [5.41, 5.74) is 0.658. The van der Waals surface area contributed by atoms with Crippen molar-refractivity contribution >= 4 is 27.4 Å². The predicted octanol–water partition coefficient (Wildman–Crippen LogP) is 3.35. The summed E-state index contributed by atoms with van der Waals surface area (Å²) in [7, 11) is 0. The molecule has 0 amide bonds. The van der Waals surface area contributed by atoms with E-state index in [-0.39, 0.29) is 5.69 Å². The molecular formula is C14H21BrN4O2. The van der Waals surface area contributed by atoms with Gasteiger partial charge in [-0.25, -0.2) is 4.98 Å². The van der Waals surface area contributed by atoms with Crippen LogP contribution in [-0.2, 0) is 0 Å². The monoisotopic (exact) mass is 356 g/mol. The van der Waals surface area contributed by atoms with Gasteiger partial charge in [-0.1, -0.05) is 6.92 Å². The Bertz CT molecular complexity index is 516. The Labute approximate surface area is 133 Å². The van der Waals surface area contributed by atoms with Crippen LogP contribution in [0, 0.1) is 17.0 Å². The minimum atomic E-state index is -0.403. The maximum absolute atomic E-state index is 10.9. The van der Waals surface area contributed by atoms with E-state index in [2.05, 4.69) is 38.1 Å². The zero-order valence-corrected chi connectivity index (χ0v) is 14.0. The normalized spacial score (nSPS) is 16.9. The Balaban J connectivity index is 2.01. The summed E-state index contributed by atoms with van der Waals surface area (Å²) >= 11 is 3.42. The van der Waals surface area contributed by atoms with Crippen LogP contribution < -0.4 is 5.32 Å².